The van der Waals surface area contributed by atoms with E-state index in [-0.39, 0.29) is 63.5 Å². The second kappa shape index (κ2) is 24.8. The van der Waals surface area contributed by atoms with Crippen LogP contribution in [0, 0.1) is 43.3 Å². The number of halogens is 2. The molecule has 16 nitrogen and oxygen atoms in total. The van der Waals surface area contributed by atoms with Gasteiger partial charge in [0.2, 0.25) is 34.7 Å². The molecule has 0 amide bonds. The van der Waals surface area contributed by atoms with Gasteiger partial charge in [0, 0.05) is 100 Å². The lowest BCUT2D eigenvalue weighted by Crippen LogP contribution is -2.75. The number of hydrogen-bond acceptors (Lipinski definition) is 16. The van der Waals surface area contributed by atoms with Gasteiger partial charge in [0.05, 0.1) is 49.3 Å². The monoisotopic (exact) mass is 1390 g/mol. The molecule has 0 bridgehead atoms. The van der Waals surface area contributed by atoms with Crippen molar-refractivity contribution in [3.63, 3.8) is 0 Å². The largest absolute Gasteiger partial charge is 0.396 e. The lowest BCUT2D eigenvalue weighted by Gasteiger charge is -2.64. The molecule has 10 fully saturated rings. The van der Waals surface area contributed by atoms with E-state index in [1.54, 1.807) is 42.7 Å². The SMILES string of the molecule is CC1(C)CC(O)C(O)C(C)(C)C1.COC12CCCCC1(OC)OC1C(CC(C)(C)CC1(C)C)O2.COC12CCCCC1(OC)OC1C(O2)C(I)C(C)(C)CC1(C)CI.COC12CCCCC1(OC)OC1C(O2)C(O)C(C)(C)CC1(C)CO. The van der Waals surface area contributed by atoms with Crippen molar-refractivity contribution in [2.24, 2.45) is 43.3 Å². The summed E-state index contributed by atoms with van der Waals surface area (Å²) in [6.07, 6.45) is 13.8. The van der Waals surface area contributed by atoms with E-state index in [1.165, 1.54) is 0 Å². The van der Waals surface area contributed by atoms with Crippen LogP contribution in [0.4, 0.5) is 0 Å². The zero-order valence-electron chi connectivity index (χ0n) is 54.4. The van der Waals surface area contributed by atoms with Crippen molar-refractivity contribution in [1.29, 1.82) is 0 Å². The molecule has 7 aliphatic carbocycles. The van der Waals surface area contributed by atoms with Crippen molar-refractivity contribution in [3.05, 3.63) is 0 Å². The molecule has 3 aliphatic heterocycles. The van der Waals surface area contributed by atoms with Crippen LogP contribution in [0.5, 0.6) is 0 Å². The number of ether oxygens (including phenoxy) is 12. The summed E-state index contributed by atoms with van der Waals surface area (Å²) in [6, 6.07) is 0. The van der Waals surface area contributed by atoms with E-state index < -0.39 is 76.1 Å². The van der Waals surface area contributed by atoms with Crippen LogP contribution in [0.15, 0.2) is 0 Å². The normalized spacial score (nSPS) is 48.1. The maximum absolute atomic E-state index is 10.9. The van der Waals surface area contributed by atoms with Crippen LogP contribution in [-0.4, -0.2) is 168 Å². The number of methoxy groups -OCH3 is 6. The van der Waals surface area contributed by atoms with Gasteiger partial charge in [-0.15, -0.1) is 0 Å². The van der Waals surface area contributed by atoms with Crippen molar-refractivity contribution in [2.75, 3.05) is 53.7 Å². The molecule has 18 heteroatoms. The summed E-state index contributed by atoms with van der Waals surface area (Å²) in [5, 5.41) is 40.3. The van der Waals surface area contributed by atoms with Crippen LogP contribution < -0.4 is 0 Å². The standard InChI is InChI=1S/C18H30I2O4.C18H32O6.C18H32O4.C10H20O2/c2*1-15(2)10-16(3,11-19)14-12(13(15)20)23-17(21-4)8-6-7-9-18(17,22-5)24-14;1-15(2)11-13-14(16(3,4)12-15)22-18(20-6)10-8-7-9-17(18,19-5)21-13;1-9(2)5-7(11)8(12)10(3,4)6-9/h12-14H,6-11H2,1-5H3;12-14,19-20H,6-11H2,1-5H3;13-14H,7-12H2,1-6H3;7-8,11-12H,5-6H2,1-4H3. The van der Waals surface area contributed by atoms with Gasteiger partial charge in [0.1, 0.15) is 12.2 Å². The van der Waals surface area contributed by atoms with E-state index in [0.717, 1.165) is 94.3 Å². The Kier molecular flexibility index (Phi) is 21.2. The molecule has 0 spiro atoms. The number of hydrogen-bond donors (Lipinski definition) is 4. The fourth-order valence-corrected chi connectivity index (χ4v) is 19.7. The maximum atomic E-state index is 10.9. The van der Waals surface area contributed by atoms with Gasteiger partial charge < -0.3 is 77.3 Å². The minimum atomic E-state index is -1.02. The van der Waals surface area contributed by atoms with Crippen LogP contribution in [0.3, 0.4) is 0 Å². The molecule has 10 aliphatic rings. The molecule has 0 aromatic rings. The van der Waals surface area contributed by atoms with E-state index in [0.29, 0.717) is 29.6 Å². The molecule has 3 saturated heterocycles. The number of aliphatic hydroxyl groups is 4. The molecule has 7 saturated carbocycles. The first kappa shape index (κ1) is 70.3. The summed E-state index contributed by atoms with van der Waals surface area (Å²) in [5.41, 5.74) is -0.320. The number of fused-ring (bicyclic) bond motifs is 6. The minimum absolute atomic E-state index is 0.0236. The van der Waals surface area contributed by atoms with Gasteiger partial charge in [0.15, 0.2) is 0 Å². The summed E-state index contributed by atoms with van der Waals surface area (Å²) in [6.45, 7) is 30.6. The lowest BCUT2D eigenvalue weighted by atomic mass is 9.59. The molecule has 18 atom stereocenters. The number of aliphatic hydroxyl groups excluding tert-OH is 4. The van der Waals surface area contributed by atoms with Crippen LogP contribution in [0.25, 0.3) is 0 Å². The van der Waals surface area contributed by atoms with Gasteiger partial charge in [-0.3, -0.25) is 0 Å². The molecule has 0 radical (unpaired) electrons. The Labute approximate surface area is 522 Å². The Morgan fingerprint density at radius 3 is 1.15 bits per heavy atom. The van der Waals surface area contributed by atoms with Crippen LogP contribution in [-0.2, 0) is 56.8 Å². The molecule has 82 heavy (non-hydrogen) atoms. The number of alkyl halides is 2. The van der Waals surface area contributed by atoms with E-state index in [2.05, 4.69) is 107 Å². The summed E-state index contributed by atoms with van der Waals surface area (Å²) in [5.74, 6) is -5.12. The highest BCUT2D eigenvalue weighted by molar-refractivity contribution is 14.1. The molecule has 0 aromatic heterocycles. The molecule has 0 aromatic carbocycles. The quantitative estimate of drug-likeness (QED) is 0.132. The Morgan fingerprint density at radius 1 is 0.402 bits per heavy atom. The molecular weight excluding hydrogens is 1280 g/mol. The Balaban J connectivity index is 0.000000161. The van der Waals surface area contributed by atoms with Gasteiger partial charge in [-0.05, 0) is 110 Å². The topological polar surface area (TPSA) is 192 Å². The Hall–Kier alpha value is 0.820. The summed E-state index contributed by atoms with van der Waals surface area (Å²) < 4.78 is 76.6. The lowest BCUT2D eigenvalue weighted by molar-refractivity contribution is -0.491. The van der Waals surface area contributed by atoms with Crippen molar-refractivity contribution >= 4 is 45.2 Å². The van der Waals surface area contributed by atoms with Crippen LogP contribution in [0.2, 0.25) is 0 Å². The highest BCUT2D eigenvalue weighted by Crippen LogP contribution is 2.62. The molecule has 3 heterocycles. The van der Waals surface area contributed by atoms with Crippen molar-refractivity contribution in [1.82, 2.24) is 0 Å². The Bertz CT molecular complexity index is 2060. The zero-order valence-corrected chi connectivity index (χ0v) is 58.7. The summed E-state index contributed by atoms with van der Waals surface area (Å²) in [4.78, 5) is 0. The first-order valence-electron chi connectivity index (χ1n) is 31.1. The molecule has 480 valence electrons. The summed E-state index contributed by atoms with van der Waals surface area (Å²) in [7, 11) is 10.1. The third-order valence-corrected chi connectivity index (χ3v) is 25.7. The van der Waals surface area contributed by atoms with Gasteiger partial charge in [-0.2, -0.15) is 0 Å². The molecule has 10 rings (SSSR count). The maximum Gasteiger partial charge on any atom is 0.223 e. The highest BCUT2D eigenvalue weighted by atomic mass is 127. The predicted molar refractivity (Wildman–Crippen MR) is 331 cm³/mol. The first-order valence-corrected chi connectivity index (χ1v) is 33.8. The van der Waals surface area contributed by atoms with Crippen molar-refractivity contribution in [2.45, 2.75) is 306 Å². The molecule has 4 N–H and O–H groups in total. The van der Waals surface area contributed by atoms with E-state index in [1.807, 2.05) is 34.6 Å². The zero-order chi connectivity index (χ0) is 61.4. The van der Waals surface area contributed by atoms with E-state index >= 15 is 0 Å². The minimum Gasteiger partial charge on any atom is -0.396 e. The first-order chi connectivity index (χ1) is 37.8. The fraction of sp³-hybridized carbons (Fsp3) is 1.00. The second-order valence-electron chi connectivity index (χ2n) is 31.7. The average molecular weight is 1390 g/mol. The van der Waals surface area contributed by atoms with Gasteiger partial charge >= 0.3 is 0 Å². The summed E-state index contributed by atoms with van der Waals surface area (Å²) >= 11 is 5.07. The van der Waals surface area contributed by atoms with E-state index in [9.17, 15) is 20.4 Å². The smallest absolute Gasteiger partial charge is 0.223 e. The average Bonchev–Trinajstić information content (AvgIpc) is 1.33. The number of rotatable bonds is 8. The second-order valence-corrected chi connectivity index (χ2v) is 33.8. The molecular formula is C64H114I2O16. The van der Waals surface area contributed by atoms with Crippen LogP contribution in [0.1, 0.15) is 213 Å². The van der Waals surface area contributed by atoms with Gasteiger partial charge in [-0.25, -0.2) is 0 Å². The fourth-order valence-electron chi connectivity index (χ4n) is 18.2. The van der Waals surface area contributed by atoms with Crippen LogP contribution >= 0.6 is 45.2 Å². The predicted octanol–water partition coefficient (Wildman–Crippen LogP) is 12.0. The van der Waals surface area contributed by atoms with Crippen molar-refractivity contribution < 1.29 is 77.3 Å². The third-order valence-electron chi connectivity index (χ3n) is 21.6. The van der Waals surface area contributed by atoms with Gasteiger partial charge in [-0.1, -0.05) is 142 Å². The third kappa shape index (κ3) is 12.5. The molecule has 18 unspecified atom stereocenters. The Morgan fingerprint density at radius 2 is 0.744 bits per heavy atom. The highest BCUT2D eigenvalue weighted by Gasteiger charge is 2.71. The van der Waals surface area contributed by atoms with E-state index in [4.69, 9.17) is 56.8 Å². The van der Waals surface area contributed by atoms with Crippen molar-refractivity contribution in [3.8, 4) is 0 Å². The van der Waals surface area contributed by atoms with Gasteiger partial charge in [0.25, 0.3) is 0 Å².